The summed E-state index contributed by atoms with van der Waals surface area (Å²) in [7, 11) is 1.38. The minimum atomic E-state index is -1.95. The van der Waals surface area contributed by atoms with Gasteiger partial charge in [-0.3, -0.25) is 0 Å². The molecule has 21 heavy (non-hydrogen) atoms. The van der Waals surface area contributed by atoms with E-state index >= 15 is 0 Å². The Balaban J connectivity index is 3.26. The fourth-order valence-electron chi connectivity index (χ4n) is 3.40. The first kappa shape index (κ1) is 17.9. The fourth-order valence-corrected chi connectivity index (χ4v) is 8.63. The van der Waals surface area contributed by atoms with Gasteiger partial charge in [0.05, 0.1) is 14.2 Å². The third-order valence-corrected chi connectivity index (χ3v) is 10.3. The summed E-state index contributed by atoms with van der Waals surface area (Å²) in [6.45, 7) is 13.7. The lowest BCUT2D eigenvalue weighted by molar-refractivity contribution is 0.387. The first-order chi connectivity index (χ1) is 9.77. The normalized spacial score (nSPS) is 12.1. The molecule has 0 aliphatic rings. The van der Waals surface area contributed by atoms with E-state index in [2.05, 4.69) is 41.5 Å². The maximum absolute atomic E-state index is 6.65. The van der Waals surface area contributed by atoms with Crippen LogP contribution < -0.4 is 13.9 Å². The molecular formula is C17H30O3Si. The summed E-state index contributed by atoms with van der Waals surface area (Å²) in [5, 5.41) is 0. The molecule has 0 spiro atoms. The van der Waals surface area contributed by atoms with Gasteiger partial charge in [-0.15, -0.1) is 0 Å². The molecule has 0 amide bonds. The van der Waals surface area contributed by atoms with E-state index in [1.807, 2.05) is 18.2 Å². The van der Waals surface area contributed by atoms with Crippen LogP contribution in [0.4, 0.5) is 0 Å². The molecule has 0 unspecified atom stereocenters. The summed E-state index contributed by atoms with van der Waals surface area (Å²) in [6.07, 6.45) is 0. The third kappa shape index (κ3) is 3.73. The zero-order chi connectivity index (χ0) is 16.2. The molecule has 0 saturated carbocycles. The lowest BCUT2D eigenvalue weighted by atomic mass is 10.3. The van der Waals surface area contributed by atoms with Crippen LogP contribution in [0.3, 0.4) is 0 Å². The van der Waals surface area contributed by atoms with Crippen LogP contribution in [-0.4, -0.2) is 22.5 Å². The number of methoxy groups -OCH3 is 2. The van der Waals surface area contributed by atoms with Crippen molar-refractivity contribution in [1.29, 1.82) is 0 Å². The molecule has 0 bridgehead atoms. The van der Waals surface area contributed by atoms with Crippen molar-refractivity contribution in [2.45, 2.75) is 58.2 Å². The second kappa shape index (κ2) is 7.21. The van der Waals surface area contributed by atoms with Crippen LogP contribution in [0, 0.1) is 0 Å². The standard InChI is InChI=1S/C17H30O3Si/c1-12(2)21(13(3)4,14(5)6)20-17-10-15(18-7)9-16(11-17)19-8/h9-14H,1-8H3. The van der Waals surface area contributed by atoms with Crippen molar-refractivity contribution in [1.82, 2.24) is 0 Å². The SMILES string of the molecule is COc1cc(OC)cc(O[Si](C(C)C)(C(C)C)C(C)C)c1. The summed E-state index contributed by atoms with van der Waals surface area (Å²) >= 11 is 0. The van der Waals surface area contributed by atoms with Crippen molar-refractivity contribution in [2.75, 3.05) is 14.2 Å². The van der Waals surface area contributed by atoms with Gasteiger partial charge >= 0.3 is 0 Å². The predicted octanol–water partition coefficient (Wildman–Crippen LogP) is 5.26. The van der Waals surface area contributed by atoms with Crippen molar-refractivity contribution in [3.8, 4) is 17.2 Å². The van der Waals surface area contributed by atoms with Crippen molar-refractivity contribution in [3.63, 3.8) is 0 Å². The molecule has 1 aromatic rings. The highest BCUT2D eigenvalue weighted by atomic mass is 28.4. The minimum Gasteiger partial charge on any atom is -0.543 e. The van der Waals surface area contributed by atoms with Gasteiger partial charge in [-0.25, -0.2) is 0 Å². The summed E-state index contributed by atoms with van der Waals surface area (Å²) in [4.78, 5) is 0. The van der Waals surface area contributed by atoms with Gasteiger partial charge in [0.25, 0.3) is 8.32 Å². The van der Waals surface area contributed by atoms with Gasteiger partial charge in [0.2, 0.25) is 0 Å². The second-order valence-corrected chi connectivity index (χ2v) is 11.8. The van der Waals surface area contributed by atoms with Gasteiger partial charge in [-0.05, 0) is 16.6 Å². The molecule has 0 saturated heterocycles. The number of hydrogen-bond donors (Lipinski definition) is 0. The summed E-state index contributed by atoms with van der Waals surface area (Å²) in [5.74, 6) is 2.39. The van der Waals surface area contributed by atoms with Crippen molar-refractivity contribution in [2.24, 2.45) is 0 Å². The van der Waals surface area contributed by atoms with Crippen molar-refractivity contribution < 1.29 is 13.9 Å². The van der Waals surface area contributed by atoms with E-state index in [4.69, 9.17) is 13.9 Å². The van der Waals surface area contributed by atoms with Crippen LogP contribution in [0.2, 0.25) is 16.6 Å². The van der Waals surface area contributed by atoms with E-state index in [1.165, 1.54) is 0 Å². The van der Waals surface area contributed by atoms with E-state index in [1.54, 1.807) is 14.2 Å². The van der Waals surface area contributed by atoms with Crippen LogP contribution in [0.5, 0.6) is 17.2 Å². The highest BCUT2D eigenvalue weighted by Crippen LogP contribution is 2.43. The minimum absolute atomic E-state index is 0.537. The predicted molar refractivity (Wildman–Crippen MR) is 91.2 cm³/mol. The van der Waals surface area contributed by atoms with Crippen LogP contribution in [0.1, 0.15) is 41.5 Å². The Morgan fingerprint density at radius 1 is 0.667 bits per heavy atom. The van der Waals surface area contributed by atoms with Gasteiger partial charge in [-0.1, -0.05) is 41.5 Å². The molecule has 0 N–H and O–H groups in total. The van der Waals surface area contributed by atoms with E-state index in [9.17, 15) is 0 Å². The van der Waals surface area contributed by atoms with Crippen LogP contribution in [0.15, 0.2) is 18.2 Å². The van der Waals surface area contributed by atoms with Crippen LogP contribution in [0.25, 0.3) is 0 Å². The van der Waals surface area contributed by atoms with E-state index < -0.39 is 8.32 Å². The molecule has 3 nitrogen and oxygen atoms in total. The van der Waals surface area contributed by atoms with Crippen molar-refractivity contribution >= 4 is 8.32 Å². The summed E-state index contributed by atoms with van der Waals surface area (Å²) in [6, 6.07) is 5.78. The molecule has 0 aromatic heterocycles. The number of hydrogen-bond acceptors (Lipinski definition) is 3. The monoisotopic (exact) mass is 310 g/mol. The van der Waals surface area contributed by atoms with Crippen molar-refractivity contribution in [3.05, 3.63) is 18.2 Å². The van der Waals surface area contributed by atoms with Gasteiger partial charge in [0.1, 0.15) is 17.2 Å². The van der Waals surface area contributed by atoms with Gasteiger partial charge in [0, 0.05) is 18.2 Å². The first-order valence-electron chi connectivity index (χ1n) is 7.70. The van der Waals surface area contributed by atoms with Gasteiger partial charge in [0.15, 0.2) is 0 Å². The van der Waals surface area contributed by atoms with E-state index in [0.29, 0.717) is 16.6 Å². The maximum atomic E-state index is 6.65. The highest BCUT2D eigenvalue weighted by Gasteiger charge is 2.47. The Kier molecular flexibility index (Phi) is 6.14. The fraction of sp³-hybridized carbons (Fsp3) is 0.647. The largest absolute Gasteiger partial charge is 0.543 e. The maximum Gasteiger partial charge on any atom is 0.258 e. The molecule has 1 rings (SSSR count). The van der Waals surface area contributed by atoms with E-state index in [-0.39, 0.29) is 0 Å². The van der Waals surface area contributed by atoms with Crippen LogP contribution in [-0.2, 0) is 0 Å². The Labute approximate surface area is 130 Å². The molecule has 0 heterocycles. The lowest BCUT2D eigenvalue weighted by Crippen LogP contribution is -2.50. The van der Waals surface area contributed by atoms with Gasteiger partial charge in [-0.2, -0.15) is 0 Å². The Bertz CT molecular complexity index is 411. The molecule has 0 atom stereocenters. The number of ether oxygens (including phenoxy) is 2. The molecular weight excluding hydrogens is 280 g/mol. The highest BCUT2D eigenvalue weighted by molar-refractivity contribution is 6.78. The second-order valence-electron chi connectivity index (χ2n) is 6.47. The number of rotatable bonds is 7. The quantitative estimate of drug-likeness (QED) is 0.643. The number of benzene rings is 1. The smallest absolute Gasteiger partial charge is 0.258 e. The molecule has 4 heteroatoms. The topological polar surface area (TPSA) is 27.7 Å². The average molecular weight is 311 g/mol. The first-order valence-corrected chi connectivity index (χ1v) is 9.84. The average Bonchev–Trinajstić information content (AvgIpc) is 2.42. The van der Waals surface area contributed by atoms with E-state index in [0.717, 1.165) is 17.2 Å². The molecule has 0 fully saturated rings. The summed E-state index contributed by atoms with van der Waals surface area (Å²) in [5.41, 5.74) is 1.61. The Morgan fingerprint density at radius 2 is 1.00 bits per heavy atom. The molecule has 120 valence electrons. The zero-order valence-electron chi connectivity index (χ0n) is 14.7. The molecule has 0 aliphatic heterocycles. The Morgan fingerprint density at radius 3 is 1.29 bits per heavy atom. The molecule has 1 aromatic carbocycles. The molecule has 0 radical (unpaired) electrons. The Hall–Kier alpha value is -1.16. The third-order valence-electron chi connectivity index (χ3n) is 4.33. The lowest BCUT2D eigenvalue weighted by Gasteiger charge is -2.42. The molecule has 0 aliphatic carbocycles. The van der Waals surface area contributed by atoms with Gasteiger partial charge < -0.3 is 13.9 Å². The zero-order valence-corrected chi connectivity index (χ0v) is 15.7. The van der Waals surface area contributed by atoms with Crippen LogP contribution >= 0.6 is 0 Å². The summed E-state index contributed by atoms with van der Waals surface area (Å²) < 4.78 is 17.3.